The van der Waals surface area contributed by atoms with E-state index in [4.69, 9.17) is 0 Å². The third kappa shape index (κ3) is 2.04. The van der Waals surface area contributed by atoms with Crippen molar-refractivity contribution in [3.05, 3.63) is 69.9 Å². The fourth-order valence-electron chi connectivity index (χ4n) is 4.00. The smallest absolute Gasteiger partial charge is 0.227 e. The van der Waals surface area contributed by atoms with E-state index in [-0.39, 0.29) is 11.9 Å². The van der Waals surface area contributed by atoms with Crippen LogP contribution in [0.2, 0.25) is 0 Å². The van der Waals surface area contributed by atoms with Crippen LogP contribution in [0, 0.1) is 0 Å². The molecule has 4 nitrogen and oxygen atoms in total. The standard InChI is InChI=1S/C19H17N3OS/c23-17-4-3-13-10-15(11-14-5-7-22(17)18(13)14)19(16-2-1-9-24-16)21-8-6-20-12-21/h1-2,6,8-12,19H,3-5,7H2. The van der Waals surface area contributed by atoms with Crippen LogP contribution in [0.4, 0.5) is 5.69 Å². The van der Waals surface area contributed by atoms with Crippen molar-refractivity contribution < 1.29 is 4.79 Å². The van der Waals surface area contributed by atoms with Crippen LogP contribution >= 0.6 is 11.3 Å². The minimum Gasteiger partial charge on any atom is -0.325 e. The minimum atomic E-state index is 0.153. The van der Waals surface area contributed by atoms with Crippen LogP contribution in [0.3, 0.4) is 0 Å². The first-order valence-electron chi connectivity index (χ1n) is 8.28. The number of aromatic nitrogens is 2. The Labute approximate surface area is 144 Å². The first kappa shape index (κ1) is 14.0. The Morgan fingerprint density at radius 1 is 1.17 bits per heavy atom. The molecule has 24 heavy (non-hydrogen) atoms. The first-order chi connectivity index (χ1) is 11.8. The highest BCUT2D eigenvalue weighted by atomic mass is 32.1. The number of aryl methyl sites for hydroxylation is 1. The number of benzene rings is 1. The van der Waals surface area contributed by atoms with Gasteiger partial charge in [-0.25, -0.2) is 4.98 Å². The van der Waals surface area contributed by atoms with E-state index in [1.165, 1.54) is 27.3 Å². The number of carbonyl (C=O) groups excluding carboxylic acids is 1. The van der Waals surface area contributed by atoms with E-state index in [2.05, 4.69) is 39.2 Å². The summed E-state index contributed by atoms with van der Waals surface area (Å²) in [6, 6.07) is 9.03. The summed E-state index contributed by atoms with van der Waals surface area (Å²) in [7, 11) is 0. The van der Waals surface area contributed by atoms with Crippen molar-refractivity contribution in [1.29, 1.82) is 0 Å². The molecule has 0 radical (unpaired) electrons. The Morgan fingerprint density at radius 3 is 2.79 bits per heavy atom. The van der Waals surface area contributed by atoms with E-state index < -0.39 is 0 Å². The Balaban J connectivity index is 1.67. The molecule has 0 saturated carbocycles. The summed E-state index contributed by atoms with van der Waals surface area (Å²) >= 11 is 1.77. The SMILES string of the molecule is O=C1CCc2cc(C(c3cccs3)n3ccnc3)cc3c2N1CC3. The molecule has 120 valence electrons. The lowest BCUT2D eigenvalue weighted by molar-refractivity contribution is -0.118. The number of hydrogen-bond donors (Lipinski definition) is 0. The van der Waals surface area contributed by atoms with Gasteiger partial charge in [-0.2, -0.15) is 0 Å². The molecule has 2 aliphatic rings. The molecule has 5 rings (SSSR count). The summed E-state index contributed by atoms with van der Waals surface area (Å²) in [5, 5.41) is 2.12. The van der Waals surface area contributed by atoms with Gasteiger partial charge in [-0.15, -0.1) is 11.3 Å². The van der Waals surface area contributed by atoms with Gasteiger partial charge < -0.3 is 9.47 Å². The van der Waals surface area contributed by atoms with E-state index >= 15 is 0 Å². The Morgan fingerprint density at radius 2 is 2.04 bits per heavy atom. The van der Waals surface area contributed by atoms with E-state index in [1.807, 2.05) is 23.6 Å². The van der Waals surface area contributed by atoms with Crippen molar-refractivity contribution >= 4 is 22.9 Å². The molecule has 1 aromatic carbocycles. The second-order valence-corrected chi connectivity index (χ2v) is 7.39. The largest absolute Gasteiger partial charge is 0.325 e. The molecule has 2 aromatic heterocycles. The summed E-state index contributed by atoms with van der Waals surface area (Å²) < 4.78 is 2.17. The molecule has 1 atom stereocenters. The average molecular weight is 335 g/mol. The molecule has 0 fully saturated rings. The van der Waals surface area contributed by atoms with Gasteiger partial charge in [0.05, 0.1) is 18.1 Å². The van der Waals surface area contributed by atoms with Crippen LogP contribution in [0.15, 0.2) is 48.4 Å². The summed E-state index contributed by atoms with van der Waals surface area (Å²) in [6.07, 6.45) is 8.19. The highest BCUT2D eigenvalue weighted by Crippen LogP contribution is 2.40. The van der Waals surface area contributed by atoms with Gasteiger partial charge >= 0.3 is 0 Å². The number of carbonyl (C=O) groups is 1. The van der Waals surface area contributed by atoms with Crippen LogP contribution in [-0.2, 0) is 17.6 Å². The number of imidazole rings is 1. The van der Waals surface area contributed by atoms with Crippen LogP contribution in [0.5, 0.6) is 0 Å². The molecule has 0 saturated heterocycles. The molecular formula is C19H17N3OS. The summed E-state index contributed by atoms with van der Waals surface area (Å²) in [4.78, 5) is 19.7. The van der Waals surface area contributed by atoms with Gasteiger partial charge in [0, 0.05) is 30.2 Å². The lowest BCUT2D eigenvalue weighted by atomic mass is 9.93. The number of hydrogen-bond acceptors (Lipinski definition) is 3. The normalized spacial score (nSPS) is 17.2. The Bertz CT molecular complexity index is 865. The number of amides is 1. The van der Waals surface area contributed by atoms with Gasteiger partial charge in [0.2, 0.25) is 5.91 Å². The zero-order chi connectivity index (χ0) is 16.1. The molecule has 5 heteroatoms. The average Bonchev–Trinajstić information content (AvgIpc) is 3.33. The molecule has 1 unspecified atom stereocenters. The first-order valence-corrected chi connectivity index (χ1v) is 9.16. The van der Waals surface area contributed by atoms with Crippen molar-refractivity contribution in [2.75, 3.05) is 11.4 Å². The molecule has 3 aromatic rings. The lowest BCUT2D eigenvalue weighted by Crippen LogP contribution is -2.32. The fourth-order valence-corrected chi connectivity index (χ4v) is 4.85. The van der Waals surface area contributed by atoms with Gasteiger partial charge in [0.1, 0.15) is 0 Å². The molecule has 1 amide bonds. The second-order valence-electron chi connectivity index (χ2n) is 6.41. The summed E-state index contributed by atoms with van der Waals surface area (Å²) in [5.74, 6) is 0.276. The fraction of sp³-hybridized carbons (Fsp3) is 0.263. The van der Waals surface area contributed by atoms with Crippen LogP contribution in [0.25, 0.3) is 0 Å². The maximum atomic E-state index is 12.1. The number of rotatable bonds is 3. The summed E-state index contributed by atoms with van der Waals surface area (Å²) in [6.45, 7) is 0.833. The Hall–Kier alpha value is -2.40. The third-order valence-electron chi connectivity index (χ3n) is 5.03. The van der Waals surface area contributed by atoms with Crippen molar-refractivity contribution in [2.24, 2.45) is 0 Å². The van der Waals surface area contributed by atoms with Gasteiger partial charge in [0.15, 0.2) is 0 Å². The Kier molecular flexibility index (Phi) is 3.10. The highest BCUT2D eigenvalue weighted by molar-refractivity contribution is 7.10. The molecular weight excluding hydrogens is 318 g/mol. The zero-order valence-corrected chi connectivity index (χ0v) is 14.0. The van der Waals surface area contributed by atoms with E-state index in [0.29, 0.717) is 6.42 Å². The van der Waals surface area contributed by atoms with Crippen molar-refractivity contribution in [1.82, 2.24) is 9.55 Å². The molecule has 2 aliphatic heterocycles. The number of nitrogens with zero attached hydrogens (tertiary/aromatic N) is 3. The summed E-state index contributed by atoms with van der Waals surface area (Å²) in [5.41, 5.74) is 5.12. The van der Waals surface area contributed by atoms with E-state index in [0.717, 1.165) is 19.4 Å². The topological polar surface area (TPSA) is 38.1 Å². The highest BCUT2D eigenvalue weighted by Gasteiger charge is 2.32. The van der Waals surface area contributed by atoms with E-state index in [1.54, 1.807) is 11.3 Å². The molecule has 0 aliphatic carbocycles. The molecule has 4 heterocycles. The third-order valence-corrected chi connectivity index (χ3v) is 5.95. The maximum absolute atomic E-state index is 12.1. The monoisotopic (exact) mass is 335 g/mol. The van der Waals surface area contributed by atoms with Gasteiger partial charge in [-0.3, -0.25) is 4.79 Å². The minimum absolute atomic E-state index is 0.153. The van der Waals surface area contributed by atoms with Crippen molar-refractivity contribution in [2.45, 2.75) is 25.3 Å². The molecule has 0 spiro atoms. The predicted molar refractivity (Wildman–Crippen MR) is 94.6 cm³/mol. The van der Waals surface area contributed by atoms with Crippen LogP contribution < -0.4 is 4.90 Å². The van der Waals surface area contributed by atoms with Crippen LogP contribution in [-0.4, -0.2) is 22.0 Å². The second kappa shape index (κ2) is 5.31. The molecule has 0 bridgehead atoms. The zero-order valence-electron chi connectivity index (χ0n) is 13.2. The van der Waals surface area contributed by atoms with Crippen molar-refractivity contribution in [3.8, 4) is 0 Å². The quantitative estimate of drug-likeness (QED) is 0.735. The van der Waals surface area contributed by atoms with Crippen molar-refractivity contribution in [3.63, 3.8) is 0 Å². The van der Waals surface area contributed by atoms with Gasteiger partial charge in [-0.05, 0) is 41.0 Å². The number of anilines is 1. The lowest BCUT2D eigenvalue weighted by Gasteiger charge is -2.27. The maximum Gasteiger partial charge on any atom is 0.227 e. The van der Waals surface area contributed by atoms with E-state index in [9.17, 15) is 4.79 Å². The molecule has 0 N–H and O–H groups in total. The van der Waals surface area contributed by atoms with Crippen LogP contribution in [0.1, 0.15) is 34.0 Å². The van der Waals surface area contributed by atoms with Gasteiger partial charge in [-0.1, -0.05) is 18.2 Å². The van der Waals surface area contributed by atoms with Gasteiger partial charge in [0.25, 0.3) is 0 Å². The number of thiophene rings is 1. The predicted octanol–water partition coefficient (Wildman–Crippen LogP) is 3.42.